The van der Waals surface area contributed by atoms with Crippen LogP contribution in [-0.2, 0) is 47.3 Å². The Labute approximate surface area is 327 Å². The van der Waals surface area contributed by atoms with Gasteiger partial charge in [-0.15, -0.1) is 0 Å². The molecule has 2 aliphatic rings. The summed E-state index contributed by atoms with van der Waals surface area (Å²) in [5, 5.41) is 8.55. The standard InChI is InChI=1S/C42H50N4O9Si/c1-10-42(53-33(47)17-14-20-43-38(50)54-40(2,3)4)30-22-32-34-28(23-46(32)36(48)29(30)24-52-37(42)49)35(56(8,9)26-15-12-11-13-16-26)27-21-25(18-19-31(27)45-34)44-39(51)55-41(5,6)7/h11-13,15-16,18-19,21-22H,10,14,17,20,23-24H2,1-9H3,(H,43,50)(H,44,51)/t42-/m0/s1. The van der Waals surface area contributed by atoms with E-state index in [2.05, 4.69) is 35.9 Å². The number of esters is 2. The first-order valence-electron chi connectivity index (χ1n) is 18.9. The molecule has 14 heteroatoms. The molecular formula is C42H50N4O9Si. The normalized spacial score (nSPS) is 16.3. The number of aromatic nitrogens is 2. The van der Waals surface area contributed by atoms with Crippen LogP contribution >= 0.6 is 0 Å². The molecule has 0 saturated carbocycles. The van der Waals surface area contributed by atoms with Gasteiger partial charge in [0.15, 0.2) is 0 Å². The molecule has 13 nitrogen and oxygen atoms in total. The Hall–Kier alpha value is -5.50. The van der Waals surface area contributed by atoms with Crippen LogP contribution in [0.4, 0.5) is 15.3 Å². The van der Waals surface area contributed by atoms with Crippen LogP contribution in [0.2, 0.25) is 13.1 Å². The van der Waals surface area contributed by atoms with E-state index in [1.165, 1.54) is 5.19 Å². The maximum Gasteiger partial charge on any atom is 0.412 e. The van der Waals surface area contributed by atoms with E-state index in [0.29, 0.717) is 22.6 Å². The van der Waals surface area contributed by atoms with Gasteiger partial charge in [0, 0.05) is 35.2 Å². The molecule has 0 spiro atoms. The van der Waals surface area contributed by atoms with Gasteiger partial charge in [-0.05, 0) is 83.8 Å². The fourth-order valence-corrected chi connectivity index (χ4v) is 10.6. The summed E-state index contributed by atoms with van der Waals surface area (Å²) in [4.78, 5) is 71.4. The lowest BCUT2D eigenvalue weighted by molar-refractivity contribution is -0.189. The van der Waals surface area contributed by atoms with Gasteiger partial charge >= 0.3 is 24.1 Å². The molecule has 56 heavy (non-hydrogen) atoms. The molecule has 6 rings (SSSR count). The number of ether oxygens (including phenoxy) is 4. The highest BCUT2D eigenvalue weighted by Gasteiger charge is 2.50. The van der Waals surface area contributed by atoms with E-state index >= 15 is 0 Å². The molecule has 0 radical (unpaired) electrons. The largest absolute Gasteiger partial charge is 0.457 e. The fourth-order valence-electron chi connectivity index (χ4n) is 7.43. The summed E-state index contributed by atoms with van der Waals surface area (Å²) in [5.41, 5.74) is 0.121. The van der Waals surface area contributed by atoms with Crippen molar-refractivity contribution in [3.05, 3.63) is 81.6 Å². The monoisotopic (exact) mass is 782 g/mol. The molecule has 0 saturated heterocycles. The molecule has 2 aromatic carbocycles. The Morgan fingerprint density at radius 2 is 1.61 bits per heavy atom. The highest BCUT2D eigenvalue weighted by molar-refractivity contribution is 7.02. The number of rotatable bonds is 9. The van der Waals surface area contributed by atoms with Crippen LogP contribution in [0.3, 0.4) is 0 Å². The lowest BCUT2D eigenvalue weighted by Gasteiger charge is -2.35. The second-order valence-electron chi connectivity index (χ2n) is 16.7. The molecule has 0 unspecified atom stereocenters. The van der Waals surface area contributed by atoms with Crippen LogP contribution in [0.1, 0.15) is 84.4 Å². The number of carbonyl (C=O) groups excluding carboxylic acids is 4. The highest BCUT2D eigenvalue weighted by atomic mass is 28.3. The zero-order valence-corrected chi connectivity index (χ0v) is 34.5. The molecule has 4 heterocycles. The molecule has 2 aliphatic heterocycles. The number of pyridine rings is 2. The lowest BCUT2D eigenvalue weighted by Crippen LogP contribution is -2.54. The topological polar surface area (TPSA) is 164 Å². The predicted molar refractivity (Wildman–Crippen MR) is 215 cm³/mol. The highest BCUT2D eigenvalue weighted by Crippen LogP contribution is 2.41. The van der Waals surface area contributed by atoms with Crippen LogP contribution < -0.4 is 26.6 Å². The summed E-state index contributed by atoms with van der Waals surface area (Å²) in [6, 6.07) is 17.5. The number of hydrogen-bond donors (Lipinski definition) is 2. The molecule has 0 fully saturated rings. The second kappa shape index (κ2) is 14.9. The third-order valence-corrected chi connectivity index (χ3v) is 13.5. The SMILES string of the molecule is CC[C@@]1(OC(=O)CCCNC(=O)OC(C)(C)C)C(=O)OCc2c1cc1n(c2=O)Cc2c-1nc1ccc(NC(=O)OC(C)(C)C)cc1c2[Si](C)(C)c1ccccc1. The summed E-state index contributed by atoms with van der Waals surface area (Å²) in [5.74, 6) is -1.44. The third kappa shape index (κ3) is 7.92. The molecule has 2 N–H and O–H groups in total. The first-order valence-corrected chi connectivity index (χ1v) is 21.9. The van der Waals surface area contributed by atoms with Crippen LogP contribution in [0.5, 0.6) is 0 Å². The maximum atomic E-state index is 14.5. The van der Waals surface area contributed by atoms with E-state index in [1.807, 2.05) is 30.3 Å². The van der Waals surface area contributed by atoms with Gasteiger partial charge in [-0.1, -0.05) is 55.5 Å². The van der Waals surface area contributed by atoms with Gasteiger partial charge in [-0.25, -0.2) is 19.4 Å². The molecular weight excluding hydrogens is 733 g/mol. The van der Waals surface area contributed by atoms with Crippen molar-refractivity contribution in [1.82, 2.24) is 14.9 Å². The van der Waals surface area contributed by atoms with E-state index in [4.69, 9.17) is 23.9 Å². The number of nitrogens with zero attached hydrogens (tertiary/aromatic N) is 2. The maximum absolute atomic E-state index is 14.5. The Morgan fingerprint density at radius 1 is 0.929 bits per heavy atom. The Bertz CT molecular complexity index is 2290. The summed E-state index contributed by atoms with van der Waals surface area (Å²) in [7, 11) is -2.55. The predicted octanol–water partition coefficient (Wildman–Crippen LogP) is 6.11. The van der Waals surface area contributed by atoms with Gasteiger partial charge in [-0.2, -0.15) is 0 Å². The summed E-state index contributed by atoms with van der Waals surface area (Å²) >= 11 is 0. The molecule has 1 atom stereocenters. The smallest absolute Gasteiger partial charge is 0.412 e. The zero-order chi connectivity index (χ0) is 40.8. The van der Waals surface area contributed by atoms with E-state index in [0.717, 1.165) is 16.1 Å². The van der Waals surface area contributed by atoms with Crippen LogP contribution in [-0.4, -0.2) is 59.5 Å². The minimum absolute atomic E-state index is 0.0221. The van der Waals surface area contributed by atoms with E-state index in [-0.39, 0.29) is 55.6 Å². The van der Waals surface area contributed by atoms with Crippen LogP contribution in [0.15, 0.2) is 59.4 Å². The number of alkyl carbamates (subject to hydrolysis) is 1. The Kier molecular flexibility index (Phi) is 10.7. The number of fused-ring (bicyclic) bond motifs is 5. The zero-order valence-electron chi connectivity index (χ0n) is 33.5. The first-order chi connectivity index (χ1) is 26.2. The first kappa shape index (κ1) is 40.2. The van der Waals surface area contributed by atoms with E-state index < -0.39 is 49.0 Å². The van der Waals surface area contributed by atoms with E-state index in [1.54, 1.807) is 65.2 Å². The lowest BCUT2D eigenvalue weighted by atomic mass is 9.85. The molecule has 296 valence electrons. The number of nitrogens with one attached hydrogen (secondary N) is 2. The van der Waals surface area contributed by atoms with Crippen molar-refractivity contribution in [2.45, 2.75) is 111 Å². The van der Waals surface area contributed by atoms with Gasteiger partial charge in [0.2, 0.25) is 5.60 Å². The Morgan fingerprint density at radius 3 is 2.27 bits per heavy atom. The minimum atomic E-state index is -2.55. The van der Waals surface area contributed by atoms with Crippen molar-refractivity contribution < 1.29 is 38.1 Å². The Balaban J connectivity index is 1.42. The number of benzene rings is 2. The average Bonchev–Trinajstić information content (AvgIpc) is 3.47. The molecule has 0 bridgehead atoms. The third-order valence-electron chi connectivity index (χ3n) is 9.93. The molecule has 2 aromatic heterocycles. The summed E-state index contributed by atoms with van der Waals surface area (Å²) in [6.07, 6.45) is -1.03. The molecule has 0 aliphatic carbocycles. The average molecular weight is 783 g/mol. The van der Waals surface area contributed by atoms with Crippen molar-refractivity contribution in [1.29, 1.82) is 0 Å². The van der Waals surface area contributed by atoms with Crippen molar-refractivity contribution in [3.63, 3.8) is 0 Å². The van der Waals surface area contributed by atoms with Gasteiger partial charge in [0.1, 0.15) is 25.9 Å². The summed E-state index contributed by atoms with van der Waals surface area (Å²) < 4.78 is 23.9. The van der Waals surface area contributed by atoms with Gasteiger partial charge in [0.05, 0.1) is 29.0 Å². The summed E-state index contributed by atoms with van der Waals surface area (Å²) in [6.45, 7) is 17.0. The van der Waals surface area contributed by atoms with Gasteiger partial charge in [0.25, 0.3) is 5.56 Å². The quantitative estimate of drug-likeness (QED) is 0.0773. The molecule has 4 aromatic rings. The van der Waals surface area contributed by atoms with Crippen molar-refractivity contribution in [2.24, 2.45) is 0 Å². The van der Waals surface area contributed by atoms with Crippen molar-refractivity contribution in [2.75, 3.05) is 11.9 Å². The number of hydrogen-bond acceptors (Lipinski definition) is 10. The number of amides is 2. The molecule has 2 amide bonds. The van der Waals surface area contributed by atoms with Crippen LogP contribution in [0, 0.1) is 0 Å². The second-order valence-corrected chi connectivity index (χ2v) is 21.1. The van der Waals surface area contributed by atoms with Crippen molar-refractivity contribution >= 4 is 59.2 Å². The van der Waals surface area contributed by atoms with Gasteiger partial charge < -0.3 is 28.8 Å². The number of anilines is 1. The van der Waals surface area contributed by atoms with E-state index in [9.17, 15) is 24.0 Å². The van der Waals surface area contributed by atoms with Crippen molar-refractivity contribution in [3.8, 4) is 11.4 Å². The van der Waals surface area contributed by atoms with Crippen LogP contribution in [0.25, 0.3) is 22.3 Å². The van der Waals surface area contributed by atoms with Gasteiger partial charge in [-0.3, -0.25) is 14.9 Å². The minimum Gasteiger partial charge on any atom is -0.457 e. The number of carbonyl (C=O) groups is 4. The number of cyclic esters (lactones) is 1. The fraction of sp³-hybridized carbons (Fsp3) is 0.429.